The van der Waals surface area contributed by atoms with Gasteiger partial charge < -0.3 is 9.47 Å². The number of rotatable bonds is 10. The zero-order chi connectivity index (χ0) is 24.1. The van der Waals surface area contributed by atoms with E-state index in [1.165, 1.54) is 0 Å². The highest BCUT2D eigenvalue weighted by molar-refractivity contribution is 7.20. The van der Waals surface area contributed by atoms with Crippen molar-refractivity contribution in [2.75, 3.05) is 21.3 Å². The first-order chi connectivity index (χ1) is 16.5. The predicted octanol–water partition coefficient (Wildman–Crippen LogP) is 6.21. The van der Waals surface area contributed by atoms with Crippen molar-refractivity contribution in [3.05, 3.63) is 92.3 Å². The van der Waals surface area contributed by atoms with Crippen LogP contribution in [0.15, 0.2) is 65.4 Å². The highest BCUT2D eigenvalue weighted by Crippen LogP contribution is 2.34. The molecule has 34 heavy (non-hydrogen) atoms. The summed E-state index contributed by atoms with van der Waals surface area (Å²) in [6.45, 7) is 0.636. The zero-order valence-electron chi connectivity index (χ0n) is 19.1. The van der Waals surface area contributed by atoms with Gasteiger partial charge in [0.1, 0.15) is 16.5 Å². The van der Waals surface area contributed by atoms with Gasteiger partial charge >= 0.3 is 0 Å². The van der Waals surface area contributed by atoms with Crippen molar-refractivity contribution in [3.63, 3.8) is 0 Å². The number of nitro groups is 1. The number of hydrogen-bond acceptors (Lipinski definition) is 8. The minimum atomic E-state index is -0.378. The van der Waals surface area contributed by atoms with Crippen molar-refractivity contribution in [2.45, 2.75) is 19.0 Å². The smallest absolute Gasteiger partial charge is 0.269 e. The van der Waals surface area contributed by atoms with Gasteiger partial charge in [0, 0.05) is 35.7 Å². The Hall–Kier alpha value is -3.27. The molecule has 4 aromatic rings. The molecule has 0 aliphatic rings. The summed E-state index contributed by atoms with van der Waals surface area (Å²) in [4.78, 5) is 19.0. The molecule has 0 amide bonds. The SMILES string of the molecule is COc1ccc(CN(C)C(Cc2ccc([N+](=O)[O-])cc2)c2csc(-c3cccs3)n2)c(OC)c1. The zero-order valence-corrected chi connectivity index (χ0v) is 20.8. The van der Waals surface area contributed by atoms with E-state index in [2.05, 4.69) is 23.4 Å². The number of nitro benzene ring substituents is 1. The number of thiazole rings is 1. The number of thiophene rings is 1. The highest BCUT2D eigenvalue weighted by Gasteiger charge is 2.23. The maximum Gasteiger partial charge on any atom is 0.269 e. The molecule has 0 bridgehead atoms. The topological polar surface area (TPSA) is 77.7 Å². The Bertz CT molecular complexity index is 1240. The summed E-state index contributed by atoms with van der Waals surface area (Å²) in [5, 5.41) is 16.2. The molecule has 4 rings (SSSR count). The van der Waals surface area contributed by atoms with Gasteiger partial charge in [-0.15, -0.1) is 22.7 Å². The number of ether oxygens (including phenoxy) is 2. The first-order valence-electron chi connectivity index (χ1n) is 10.6. The van der Waals surface area contributed by atoms with Gasteiger partial charge in [-0.25, -0.2) is 4.98 Å². The van der Waals surface area contributed by atoms with Crippen LogP contribution in [0.1, 0.15) is 22.9 Å². The lowest BCUT2D eigenvalue weighted by molar-refractivity contribution is -0.384. The minimum absolute atomic E-state index is 0.0294. The van der Waals surface area contributed by atoms with Crippen LogP contribution in [0.5, 0.6) is 11.5 Å². The van der Waals surface area contributed by atoms with E-state index < -0.39 is 0 Å². The van der Waals surface area contributed by atoms with Gasteiger partial charge in [-0.1, -0.05) is 24.3 Å². The molecule has 0 saturated carbocycles. The van der Waals surface area contributed by atoms with Gasteiger partial charge in [-0.3, -0.25) is 15.0 Å². The van der Waals surface area contributed by atoms with E-state index in [1.54, 1.807) is 49.0 Å². The van der Waals surface area contributed by atoms with Crippen molar-refractivity contribution < 1.29 is 14.4 Å². The van der Waals surface area contributed by atoms with Crippen LogP contribution in [-0.2, 0) is 13.0 Å². The Labute approximate surface area is 206 Å². The van der Waals surface area contributed by atoms with E-state index in [4.69, 9.17) is 14.5 Å². The second kappa shape index (κ2) is 10.8. The Morgan fingerprint density at radius 2 is 1.88 bits per heavy atom. The molecular formula is C25H25N3O4S2. The summed E-state index contributed by atoms with van der Waals surface area (Å²) < 4.78 is 10.9. The van der Waals surface area contributed by atoms with Gasteiger partial charge in [0.15, 0.2) is 0 Å². The first kappa shape index (κ1) is 23.9. The molecule has 1 unspecified atom stereocenters. The summed E-state index contributed by atoms with van der Waals surface area (Å²) in [6.07, 6.45) is 0.667. The number of non-ortho nitro benzene ring substituents is 1. The lowest BCUT2D eigenvalue weighted by atomic mass is 10.0. The Balaban J connectivity index is 1.63. The molecule has 0 spiro atoms. The lowest BCUT2D eigenvalue weighted by Gasteiger charge is -2.28. The first-order valence-corrected chi connectivity index (χ1v) is 12.4. The van der Waals surface area contributed by atoms with Crippen molar-refractivity contribution in [2.24, 2.45) is 0 Å². The normalized spacial score (nSPS) is 12.0. The van der Waals surface area contributed by atoms with Crippen molar-refractivity contribution >= 4 is 28.4 Å². The highest BCUT2D eigenvalue weighted by atomic mass is 32.1. The molecule has 2 aromatic carbocycles. The standard InChI is InChI=1S/C25H25N3O4S2/c1-27(15-18-8-11-20(31-2)14-23(18)32-3)22(13-17-6-9-19(10-7-17)28(29)30)21-16-34-25(26-21)24-5-4-12-33-24/h4-12,14,16,22H,13,15H2,1-3H3. The number of likely N-dealkylation sites (N-methyl/N-ethyl adjacent to an activating group) is 1. The Morgan fingerprint density at radius 1 is 1.09 bits per heavy atom. The van der Waals surface area contributed by atoms with Crippen LogP contribution in [0, 0.1) is 10.1 Å². The van der Waals surface area contributed by atoms with E-state index in [0.717, 1.165) is 38.2 Å². The number of hydrogen-bond donors (Lipinski definition) is 0. The molecule has 1 atom stereocenters. The molecule has 2 heterocycles. The number of benzene rings is 2. The van der Waals surface area contributed by atoms with Crippen LogP contribution in [-0.4, -0.2) is 36.1 Å². The molecule has 0 fully saturated rings. The van der Waals surface area contributed by atoms with E-state index in [1.807, 2.05) is 41.8 Å². The second-order valence-corrected chi connectivity index (χ2v) is 9.60. The van der Waals surface area contributed by atoms with Gasteiger partial charge in [0.25, 0.3) is 5.69 Å². The maximum absolute atomic E-state index is 11.1. The monoisotopic (exact) mass is 495 g/mol. The van der Waals surface area contributed by atoms with Crippen molar-refractivity contribution in [1.29, 1.82) is 0 Å². The van der Waals surface area contributed by atoms with Gasteiger partial charge in [-0.05, 0) is 36.5 Å². The largest absolute Gasteiger partial charge is 0.497 e. The summed E-state index contributed by atoms with van der Waals surface area (Å²) in [5.41, 5.74) is 3.11. The molecule has 2 aromatic heterocycles. The summed E-state index contributed by atoms with van der Waals surface area (Å²) in [5.74, 6) is 1.50. The van der Waals surface area contributed by atoms with Gasteiger partial charge in [0.05, 0.1) is 35.8 Å². The second-order valence-electron chi connectivity index (χ2n) is 7.79. The molecule has 0 aliphatic heterocycles. The third-order valence-electron chi connectivity index (χ3n) is 5.62. The third kappa shape index (κ3) is 5.44. The van der Waals surface area contributed by atoms with Crippen LogP contribution in [0.2, 0.25) is 0 Å². The average Bonchev–Trinajstić information content (AvgIpc) is 3.55. The molecule has 7 nitrogen and oxygen atoms in total. The van der Waals surface area contributed by atoms with E-state index >= 15 is 0 Å². The number of methoxy groups -OCH3 is 2. The summed E-state index contributed by atoms with van der Waals surface area (Å²) in [6, 6.07) is 16.6. The van der Waals surface area contributed by atoms with Crippen LogP contribution in [0.4, 0.5) is 5.69 Å². The molecule has 0 N–H and O–H groups in total. The van der Waals surface area contributed by atoms with Crippen molar-refractivity contribution in [3.8, 4) is 21.4 Å². The van der Waals surface area contributed by atoms with Crippen molar-refractivity contribution in [1.82, 2.24) is 9.88 Å². The van der Waals surface area contributed by atoms with Crippen LogP contribution < -0.4 is 9.47 Å². The lowest BCUT2D eigenvalue weighted by Crippen LogP contribution is -2.26. The summed E-state index contributed by atoms with van der Waals surface area (Å²) in [7, 11) is 5.35. The van der Waals surface area contributed by atoms with Gasteiger partial charge in [-0.2, -0.15) is 0 Å². The predicted molar refractivity (Wildman–Crippen MR) is 136 cm³/mol. The van der Waals surface area contributed by atoms with E-state index in [9.17, 15) is 10.1 Å². The minimum Gasteiger partial charge on any atom is -0.497 e. The quantitative estimate of drug-likeness (QED) is 0.192. The third-order valence-corrected chi connectivity index (χ3v) is 7.52. The molecule has 0 saturated heterocycles. The van der Waals surface area contributed by atoms with Crippen LogP contribution in [0.3, 0.4) is 0 Å². The fourth-order valence-electron chi connectivity index (χ4n) is 3.78. The van der Waals surface area contributed by atoms with Gasteiger partial charge in [0.2, 0.25) is 0 Å². The molecule has 0 aliphatic carbocycles. The fraction of sp³-hybridized carbons (Fsp3) is 0.240. The van der Waals surface area contributed by atoms with E-state index in [0.29, 0.717) is 13.0 Å². The number of aromatic nitrogens is 1. The Morgan fingerprint density at radius 3 is 2.53 bits per heavy atom. The average molecular weight is 496 g/mol. The molecule has 0 radical (unpaired) electrons. The maximum atomic E-state index is 11.1. The van der Waals surface area contributed by atoms with Crippen LogP contribution >= 0.6 is 22.7 Å². The van der Waals surface area contributed by atoms with Crippen LogP contribution in [0.25, 0.3) is 9.88 Å². The molecule has 9 heteroatoms. The summed E-state index contributed by atoms with van der Waals surface area (Å²) >= 11 is 3.30. The molecule has 176 valence electrons. The van der Waals surface area contributed by atoms with E-state index in [-0.39, 0.29) is 16.7 Å². The Kier molecular flexibility index (Phi) is 7.56. The number of nitrogens with zero attached hydrogens (tertiary/aromatic N) is 3. The molecular weight excluding hydrogens is 470 g/mol. The fourth-order valence-corrected chi connectivity index (χ4v) is 5.46.